The Bertz CT molecular complexity index is 944. The second-order valence-corrected chi connectivity index (χ2v) is 10.9. The van der Waals surface area contributed by atoms with E-state index in [1.165, 1.54) is 9.80 Å². The molecule has 0 bridgehead atoms. The Morgan fingerprint density at radius 1 is 1.39 bits per heavy atom. The summed E-state index contributed by atoms with van der Waals surface area (Å²) in [6.07, 6.45) is 2.14. The summed E-state index contributed by atoms with van der Waals surface area (Å²) in [5, 5.41) is 0.601. The van der Waals surface area contributed by atoms with Crippen LogP contribution in [0.4, 0.5) is 0 Å². The van der Waals surface area contributed by atoms with Crippen molar-refractivity contribution in [1.82, 2.24) is 9.80 Å². The quantitative estimate of drug-likeness (QED) is 0.498. The van der Waals surface area contributed by atoms with Crippen molar-refractivity contribution in [2.75, 3.05) is 24.6 Å². The predicted octanol–water partition coefficient (Wildman–Crippen LogP) is 2.58. The van der Waals surface area contributed by atoms with Gasteiger partial charge in [0.1, 0.15) is 10.9 Å². The summed E-state index contributed by atoms with van der Waals surface area (Å²) in [4.78, 5) is 28.7. The molecule has 2 amide bonds. The van der Waals surface area contributed by atoms with Crippen molar-refractivity contribution in [3.05, 3.63) is 39.8 Å². The molecule has 2 aliphatic heterocycles. The molecule has 1 aromatic carbocycles. The molecule has 10 heteroatoms. The van der Waals surface area contributed by atoms with E-state index in [-0.39, 0.29) is 35.9 Å². The standard InChI is InChI=1S/C18H19ClN2O4S3/c1-2-20(14-7-8-28(24,25)11-14)16(22)10-21-17(23)15(27-18(21)26)9-12-3-5-13(19)6-4-12/h3-6,9,14H,2,7-8,10-11H2,1H3/b15-9-/t14-/m0/s1. The van der Waals surface area contributed by atoms with E-state index in [1.807, 2.05) is 0 Å². The Kier molecular flexibility index (Phi) is 6.48. The normalized spacial score (nSPS) is 22.9. The van der Waals surface area contributed by atoms with Gasteiger partial charge < -0.3 is 4.90 Å². The SMILES string of the molecule is CCN(C(=O)CN1C(=O)/C(=C/c2ccc(Cl)cc2)SC1=S)[C@H]1CCS(=O)(=O)C1. The van der Waals surface area contributed by atoms with Crippen molar-refractivity contribution in [3.8, 4) is 0 Å². The molecule has 1 atom stereocenters. The van der Waals surface area contributed by atoms with Gasteiger partial charge in [0.2, 0.25) is 5.91 Å². The summed E-state index contributed by atoms with van der Waals surface area (Å²) in [6, 6.07) is 6.70. The lowest BCUT2D eigenvalue weighted by molar-refractivity contribution is -0.136. The monoisotopic (exact) mass is 458 g/mol. The molecular formula is C18H19ClN2O4S3. The molecule has 0 saturated carbocycles. The van der Waals surface area contributed by atoms with Gasteiger partial charge in [-0.2, -0.15) is 0 Å². The minimum Gasteiger partial charge on any atom is -0.337 e. The van der Waals surface area contributed by atoms with Crippen molar-refractivity contribution in [1.29, 1.82) is 0 Å². The molecule has 0 aromatic heterocycles. The van der Waals surface area contributed by atoms with Crippen LogP contribution in [-0.4, -0.2) is 65.0 Å². The smallest absolute Gasteiger partial charge is 0.266 e. The van der Waals surface area contributed by atoms with Gasteiger partial charge in [-0.15, -0.1) is 0 Å². The van der Waals surface area contributed by atoms with Crippen molar-refractivity contribution >= 4 is 67.6 Å². The number of halogens is 1. The minimum absolute atomic E-state index is 0.0263. The first-order valence-electron chi connectivity index (χ1n) is 8.71. The first kappa shape index (κ1) is 21.3. The third-order valence-electron chi connectivity index (χ3n) is 4.64. The van der Waals surface area contributed by atoms with Gasteiger partial charge in [-0.05, 0) is 37.1 Å². The van der Waals surface area contributed by atoms with E-state index in [4.69, 9.17) is 23.8 Å². The van der Waals surface area contributed by atoms with E-state index in [9.17, 15) is 18.0 Å². The molecule has 0 aliphatic carbocycles. The molecule has 28 heavy (non-hydrogen) atoms. The summed E-state index contributed by atoms with van der Waals surface area (Å²) in [5.41, 5.74) is 0.808. The van der Waals surface area contributed by atoms with E-state index in [2.05, 4.69) is 0 Å². The topological polar surface area (TPSA) is 74.8 Å². The summed E-state index contributed by atoms with van der Waals surface area (Å²) < 4.78 is 23.8. The van der Waals surface area contributed by atoms with Crippen LogP contribution in [0, 0.1) is 0 Å². The molecule has 0 spiro atoms. The molecule has 2 aliphatic rings. The zero-order chi connectivity index (χ0) is 20.5. The van der Waals surface area contributed by atoms with Crippen molar-refractivity contribution in [2.45, 2.75) is 19.4 Å². The number of thioether (sulfide) groups is 1. The Hall–Kier alpha value is -1.42. The van der Waals surface area contributed by atoms with Crippen LogP contribution in [0.1, 0.15) is 18.9 Å². The zero-order valence-electron chi connectivity index (χ0n) is 15.1. The Balaban J connectivity index is 1.71. The van der Waals surface area contributed by atoms with Crippen LogP contribution in [0.5, 0.6) is 0 Å². The fourth-order valence-corrected chi connectivity index (χ4v) is 6.34. The lowest BCUT2D eigenvalue weighted by Gasteiger charge is -2.28. The number of thiocarbonyl (C=S) groups is 1. The molecule has 1 aromatic rings. The van der Waals surface area contributed by atoms with Crippen molar-refractivity contribution in [2.24, 2.45) is 0 Å². The highest BCUT2D eigenvalue weighted by Gasteiger charge is 2.38. The summed E-state index contributed by atoms with van der Waals surface area (Å²) in [5.74, 6) is -0.560. The molecule has 6 nitrogen and oxygen atoms in total. The van der Waals surface area contributed by atoms with E-state index >= 15 is 0 Å². The van der Waals surface area contributed by atoms with Gasteiger partial charge in [0, 0.05) is 17.6 Å². The number of carbonyl (C=O) groups is 2. The third kappa shape index (κ3) is 4.76. The van der Waals surface area contributed by atoms with Crippen LogP contribution in [-0.2, 0) is 19.4 Å². The Morgan fingerprint density at radius 2 is 2.07 bits per heavy atom. The fourth-order valence-electron chi connectivity index (χ4n) is 3.23. The molecule has 3 rings (SSSR count). The van der Waals surface area contributed by atoms with Crippen LogP contribution < -0.4 is 0 Å². The molecular weight excluding hydrogens is 440 g/mol. The van der Waals surface area contributed by atoms with E-state index in [1.54, 1.807) is 37.3 Å². The van der Waals surface area contributed by atoms with Gasteiger partial charge in [-0.1, -0.05) is 47.7 Å². The first-order valence-corrected chi connectivity index (χ1v) is 12.1. The number of benzene rings is 1. The Morgan fingerprint density at radius 3 is 2.64 bits per heavy atom. The summed E-state index contributed by atoms with van der Waals surface area (Å²) >= 11 is 12.3. The second kappa shape index (κ2) is 8.52. The maximum absolute atomic E-state index is 12.8. The third-order valence-corrected chi connectivity index (χ3v) is 8.03. The van der Waals surface area contributed by atoms with Crippen LogP contribution in [0.15, 0.2) is 29.2 Å². The summed E-state index contributed by atoms with van der Waals surface area (Å²) in [7, 11) is -3.10. The average molecular weight is 459 g/mol. The van der Waals surface area contributed by atoms with Crippen molar-refractivity contribution in [3.63, 3.8) is 0 Å². The highest BCUT2D eigenvalue weighted by molar-refractivity contribution is 8.26. The number of hydrogen-bond acceptors (Lipinski definition) is 6. The van der Waals surface area contributed by atoms with Crippen molar-refractivity contribution < 1.29 is 18.0 Å². The van der Waals surface area contributed by atoms with Gasteiger partial charge in [0.15, 0.2) is 9.84 Å². The predicted molar refractivity (Wildman–Crippen MR) is 116 cm³/mol. The molecule has 0 radical (unpaired) electrons. The highest BCUT2D eigenvalue weighted by atomic mass is 35.5. The molecule has 2 saturated heterocycles. The number of hydrogen-bond donors (Lipinski definition) is 0. The first-order chi connectivity index (χ1) is 13.2. The Labute approximate surface area is 178 Å². The largest absolute Gasteiger partial charge is 0.337 e. The average Bonchev–Trinajstić information content (AvgIpc) is 3.11. The van der Waals surface area contributed by atoms with Gasteiger partial charge in [0.05, 0.1) is 16.4 Å². The number of likely N-dealkylation sites (N-methyl/N-ethyl adjacent to an activating group) is 1. The second-order valence-electron chi connectivity index (χ2n) is 6.56. The molecule has 2 fully saturated rings. The number of amides is 2. The highest BCUT2D eigenvalue weighted by Crippen LogP contribution is 2.33. The molecule has 150 valence electrons. The molecule has 0 N–H and O–H groups in total. The maximum Gasteiger partial charge on any atom is 0.266 e. The van der Waals surface area contributed by atoms with Gasteiger partial charge in [-0.3, -0.25) is 14.5 Å². The lowest BCUT2D eigenvalue weighted by atomic mass is 10.2. The van der Waals surface area contributed by atoms with Crippen LogP contribution in [0.2, 0.25) is 5.02 Å². The maximum atomic E-state index is 12.8. The van der Waals surface area contributed by atoms with Crippen LogP contribution >= 0.6 is 35.6 Å². The number of carbonyl (C=O) groups excluding carboxylic acids is 2. The van der Waals surface area contributed by atoms with Crippen LogP contribution in [0.3, 0.4) is 0 Å². The number of nitrogens with zero attached hydrogens (tertiary/aromatic N) is 2. The minimum atomic E-state index is -3.10. The van der Waals surface area contributed by atoms with E-state index in [0.717, 1.165) is 17.3 Å². The van der Waals surface area contributed by atoms with E-state index in [0.29, 0.717) is 27.2 Å². The zero-order valence-corrected chi connectivity index (χ0v) is 18.3. The molecule has 2 heterocycles. The van der Waals surface area contributed by atoms with Gasteiger partial charge in [-0.25, -0.2) is 8.42 Å². The summed E-state index contributed by atoms with van der Waals surface area (Å²) in [6.45, 7) is 2.00. The number of rotatable bonds is 5. The lowest BCUT2D eigenvalue weighted by Crippen LogP contribution is -2.47. The fraction of sp³-hybridized carbons (Fsp3) is 0.389. The van der Waals surface area contributed by atoms with Gasteiger partial charge >= 0.3 is 0 Å². The molecule has 0 unspecified atom stereocenters. The van der Waals surface area contributed by atoms with Gasteiger partial charge in [0.25, 0.3) is 5.91 Å². The van der Waals surface area contributed by atoms with Crippen LogP contribution in [0.25, 0.3) is 6.08 Å². The number of sulfone groups is 1. The van der Waals surface area contributed by atoms with E-state index < -0.39 is 9.84 Å².